The fourth-order valence-electron chi connectivity index (χ4n) is 0.456. The van der Waals surface area contributed by atoms with Gasteiger partial charge in [-0.1, -0.05) is 13.0 Å². The molecule has 64 valence electrons. The zero-order valence-corrected chi connectivity index (χ0v) is 7.04. The molecule has 2 atom stereocenters. The van der Waals surface area contributed by atoms with Crippen molar-refractivity contribution in [3.05, 3.63) is 12.7 Å². The number of nitrogens with two attached hydrogens (primary N) is 1. The van der Waals surface area contributed by atoms with Gasteiger partial charge in [-0.2, -0.15) is 0 Å². The molecule has 0 aliphatic rings. The molecule has 0 saturated heterocycles. The maximum Gasteiger partial charge on any atom is 0.327 e. The fourth-order valence-corrected chi connectivity index (χ4v) is 0.456. The molecule has 0 aliphatic carbocycles. The minimum atomic E-state index is -0.691. The number of hydrogen-bond donors (Lipinski definition) is 1. The van der Waals surface area contributed by atoms with Gasteiger partial charge in [0, 0.05) is 0 Å². The molecule has 11 heavy (non-hydrogen) atoms. The van der Waals surface area contributed by atoms with Crippen LogP contribution in [0.4, 0.5) is 0 Å². The summed E-state index contributed by atoms with van der Waals surface area (Å²) in [6, 6.07) is -0.691. The summed E-state index contributed by atoms with van der Waals surface area (Å²) in [5.41, 5.74) is 5.33. The first kappa shape index (κ1) is 10.2. The monoisotopic (exact) mass is 157 g/mol. The average molecular weight is 157 g/mol. The first-order chi connectivity index (χ1) is 5.11. The maximum absolute atomic E-state index is 10.9. The highest BCUT2D eigenvalue weighted by atomic mass is 16.5. The highest BCUT2D eigenvalue weighted by Gasteiger charge is 2.12. The second kappa shape index (κ2) is 4.91. The lowest BCUT2D eigenvalue weighted by Gasteiger charge is -2.12. The molecule has 0 rings (SSSR count). The molecular weight excluding hydrogens is 142 g/mol. The number of carbonyl (C=O) groups is 1. The Bertz CT molecular complexity index is 145. The Morgan fingerprint density at radius 3 is 2.73 bits per heavy atom. The lowest BCUT2D eigenvalue weighted by Crippen LogP contribution is -2.32. The topological polar surface area (TPSA) is 52.3 Å². The number of ether oxygens (including phenoxy) is 1. The summed E-state index contributed by atoms with van der Waals surface area (Å²) >= 11 is 0. The highest BCUT2D eigenvalue weighted by Crippen LogP contribution is 1.98. The molecule has 0 saturated carbocycles. The van der Waals surface area contributed by atoms with Crippen molar-refractivity contribution in [2.24, 2.45) is 5.73 Å². The van der Waals surface area contributed by atoms with Crippen molar-refractivity contribution >= 4 is 5.97 Å². The molecule has 0 radical (unpaired) electrons. The lowest BCUT2D eigenvalue weighted by atomic mass is 10.3. The molecule has 0 aromatic heterocycles. The summed E-state index contributed by atoms with van der Waals surface area (Å²) in [5, 5.41) is 0. The van der Waals surface area contributed by atoms with Crippen molar-refractivity contribution < 1.29 is 9.53 Å². The summed E-state index contributed by atoms with van der Waals surface area (Å²) in [4.78, 5) is 10.9. The van der Waals surface area contributed by atoms with E-state index in [1.54, 1.807) is 0 Å². The lowest BCUT2D eigenvalue weighted by molar-refractivity contribution is -0.148. The molecule has 3 nitrogen and oxygen atoms in total. The van der Waals surface area contributed by atoms with Crippen LogP contribution in [-0.4, -0.2) is 18.1 Å². The van der Waals surface area contributed by atoms with Gasteiger partial charge in [0.05, 0.1) is 6.10 Å². The average Bonchev–Trinajstić information content (AvgIpc) is 2.02. The van der Waals surface area contributed by atoms with Crippen molar-refractivity contribution in [2.75, 3.05) is 0 Å². The Hall–Kier alpha value is -0.830. The van der Waals surface area contributed by atoms with Gasteiger partial charge in [-0.3, -0.25) is 4.79 Å². The molecule has 0 fully saturated rings. The number of hydrogen-bond acceptors (Lipinski definition) is 3. The van der Waals surface area contributed by atoms with Gasteiger partial charge in [0.2, 0.25) is 0 Å². The van der Waals surface area contributed by atoms with Crippen LogP contribution >= 0.6 is 0 Å². The van der Waals surface area contributed by atoms with Crippen LogP contribution in [0.2, 0.25) is 0 Å². The van der Waals surface area contributed by atoms with Crippen molar-refractivity contribution in [3.8, 4) is 0 Å². The van der Waals surface area contributed by atoms with Crippen LogP contribution < -0.4 is 5.73 Å². The summed E-state index contributed by atoms with van der Waals surface area (Å²) < 4.78 is 4.92. The van der Waals surface area contributed by atoms with E-state index in [0.29, 0.717) is 0 Å². The minimum Gasteiger partial charge on any atom is -0.461 e. The van der Waals surface area contributed by atoms with Gasteiger partial charge in [0.25, 0.3) is 0 Å². The molecule has 0 aromatic rings. The predicted molar refractivity (Wildman–Crippen MR) is 44.0 cm³/mol. The van der Waals surface area contributed by atoms with Gasteiger partial charge in [-0.05, 0) is 13.3 Å². The Morgan fingerprint density at radius 2 is 2.36 bits per heavy atom. The molecule has 0 aromatic carbocycles. The van der Waals surface area contributed by atoms with Crippen molar-refractivity contribution in [1.82, 2.24) is 0 Å². The van der Waals surface area contributed by atoms with E-state index in [9.17, 15) is 4.79 Å². The summed E-state index contributed by atoms with van der Waals surface area (Å²) in [7, 11) is 0. The second-order valence-corrected chi connectivity index (χ2v) is 2.42. The molecule has 0 bridgehead atoms. The van der Waals surface area contributed by atoms with Crippen LogP contribution in [0, 0.1) is 0 Å². The normalized spacial score (nSPS) is 15.2. The molecule has 3 heteroatoms. The molecule has 0 heterocycles. The second-order valence-electron chi connectivity index (χ2n) is 2.42. The van der Waals surface area contributed by atoms with Crippen molar-refractivity contribution in [3.63, 3.8) is 0 Å². The molecule has 2 N–H and O–H groups in total. The van der Waals surface area contributed by atoms with Gasteiger partial charge in [-0.25, -0.2) is 0 Å². The third-order valence-electron chi connectivity index (χ3n) is 1.42. The largest absolute Gasteiger partial charge is 0.461 e. The zero-order chi connectivity index (χ0) is 8.85. The van der Waals surface area contributed by atoms with E-state index in [-0.39, 0.29) is 6.10 Å². The third-order valence-corrected chi connectivity index (χ3v) is 1.42. The third kappa shape index (κ3) is 3.78. The van der Waals surface area contributed by atoms with E-state index < -0.39 is 12.0 Å². The van der Waals surface area contributed by atoms with Gasteiger partial charge < -0.3 is 10.5 Å². The molecule has 0 amide bonds. The first-order valence-electron chi connectivity index (χ1n) is 3.70. The van der Waals surface area contributed by atoms with Crippen LogP contribution in [0.5, 0.6) is 0 Å². The van der Waals surface area contributed by atoms with E-state index in [4.69, 9.17) is 10.5 Å². The Balaban J connectivity index is 3.77. The highest BCUT2D eigenvalue weighted by molar-refractivity contribution is 5.77. The van der Waals surface area contributed by atoms with Crippen molar-refractivity contribution in [1.29, 1.82) is 0 Å². The van der Waals surface area contributed by atoms with E-state index in [0.717, 1.165) is 6.42 Å². The molecular formula is C8H15NO2. The number of carbonyl (C=O) groups excluding carboxylic acids is 1. The maximum atomic E-state index is 10.9. The van der Waals surface area contributed by atoms with Gasteiger partial charge in [-0.15, -0.1) is 6.58 Å². The van der Waals surface area contributed by atoms with Gasteiger partial charge >= 0.3 is 5.97 Å². The van der Waals surface area contributed by atoms with Gasteiger partial charge in [0.15, 0.2) is 0 Å². The predicted octanol–water partition coefficient (Wildman–Crippen LogP) is 0.841. The smallest absolute Gasteiger partial charge is 0.327 e. The van der Waals surface area contributed by atoms with E-state index in [2.05, 4.69) is 6.58 Å². The van der Waals surface area contributed by atoms with Crippen LogP contribution in [0.15, 0.2) is 12.7 Å². The summed E-state index contributed by atoms with van der Waals surface area (Å²) in [6.45, 7) is 7.16. The van der Waals surface area contributed by atoms with Crippen LogP contribution in [-0.2, 0) is 9.53 Å². The molecule has 0 aliphatic heterocycles. The standard InChI is InChI=1S/C8H15NO2/c1-4-6(3)11-8(10)7(9)5-2/h5-7H,2,4,9H2,1,3H3/t6-,7?/m0/s1. The minimum absolute atomic E-state index is 0.0616. The molecule has 0 spiro atoms. The number of rotatable bonds is 4. The molecule has 1 unspecified atom stereocenters. The van der Waals surface area contributed by atoms with Gasteiger partial charge in [0.1, 0.15) is 6.04 Å². The Labute approximate surface area is 67.2 Å². The quantitative estimate of drug-likeness (QED) is 0.486. The van der Waals surface area contributed by atoms with Crippen molar-refractivity contribution in [2.45, 2.75) is 32.4 Å². The number of esters is 1. The van der Waals surface area contributed by atoms with E-state index in [1.807, 2.05) is 13.8 Å². The summed E-state index contributed by atoms with van der Waals surface area (Å²) in [5.74, 6) is -0.408. The SMILES string of the molecule is C=CC(N)C(=O)O[C@@H](C)CC. The fraction of sp³-hybridized carbons (Fsp3) is 0.625. The van der Waals surface area contributed by atoms with Crippen LogP contribution in [0.25, 0.3) is 0 Å². The van der Waals surface area contributed by atoms with Crippen LogP contribution in [0.3, 0.4) is 0 Å². The van der Waals surface area contributed by atoms with E-state index >= 15 is 0 Å². The summed E-state index contributed by atoms with van der Waals surface area (Å²) in [6.07, 6.45) is 2.11. The van der Waals surface area contributed by atoms with Crippen LogP contribution in [0.1, 0.15) is 20.3 Å². The van der Waals surface area contributed by atoms with E-state index in [1.165, 1.54) is 6.08 Å². The zero-order valence-electron chi connectivity index (χ0n) is 7.04. The Kier molecular flexibility index (Phi) is 4.54. The first-order valence-corrected chi connectivity index (χ1v) is 3.70. The Morgan fingerprint density at radius 1 is 1.82 bits per heavy atom.